The van der Waals surface area contributed by atoms with Crippen molar-refractivity contribution in [3.05, 3.63) is 35.9 Å². The van der Waals surface area contributed by atoms with Crippen molar-refractivity contribution in [3.63, 3.8) is 0 Å². The third kappa shape index (κ3) is 5.89. The molecule has 0 bridgehead atoms. The second-order valence-electron chi connectivity index (χ2n) is 5.28. The Balaban J connectivity index is 2.23. The van der Waals surface area contributed by atoms with Gasteiger partial charge in [0.2, 0.25) is 0 Å². The molecular weight excluding hydrogens is 196 g/mol. The largest absolute Gasteiger partial charge is 0.326 e. The lowest BCUT2D eigenvalue weighted by molar-refractivity contribution is 0.298. The molecule has 2 heteroatoms. The van der Waals surface area contributed by atoms with Gasteiger partial charge in [0.25, 0.3) is 0 Å². The first-order valence-corrected chi connectivity index (χ1v) is 5.99. The fourth-order valence-corrected chi connectivity index (χ4v) is 1.56. The average molecular weight is 220 g/mol. The third-order valence-electron chi connectivity index (χ3n) is 2.76. The summed E-state index contributed by atoms with van der Waals surface area (Å²) in [6.45, 7) is 6.33. The Kier molecular flexibility index (Phi) is 4.97. The second-order valence-corrected chi connectivity index (χ2v) is 5.28. The molecule has 0 fully saturated rings. The lowest BCUT2D eigenvalue weighted by atomic mass is 10.0. The van der Waals surface area contributed by atoms with Crippen LogP contribution in [0.1, 0.15) is 25.8 Å². The SMILES string of the molecule is CN(CCc1ccccc1)CCC(C)(C)N. The fourth-order valence-electron chi connectivity index (χ4n) is 1.56. The number of benzene rings is 1. The van der Waals surface area contributed by atoms with Crippen LogP contribution in [-0.4, -0.2) is 30.6 Å². The molecule has 1 rings (SSSR count). The average Bonchev–Trinajstić information content (AvgIpc) is 2.24. The van der Waals surface area contributed by atoms with Gasteiger partial charge in [-0.05, 0) is 45.8 Å². The highest BCUT2D eigenvalue weighted by Gasteiger charge is 2.11. The Hall–Kier alpha value is -0.860. The van der Waals surface area contributed by atoms with Crippen LogP contribution in [0.2, 0.25) is 0 Å². The van der Waals surface area contributed by atoms with E-state index in [-0.39, 0.29) is 5.54 Å². The monoisotopic (exact) mass is 220 g/mol. The van der Waals surface area contributed by atoms with E-state index in [0.29, 0.717) is 0 Å². The van der Waals surface area contributed by atoms with E-state index in [0.717, 1.165) is 25.9 Å². The number of likely N-dealkylation sites (N-methyl/N-ethyl adjacent to an activating group) is 1. The fraction of sp³-hybridized carbons (Fsp3) is 0.571. The van der Waals surface area contributed by atoms with Gasteiger partial charge in [-0.25, -0.2) is 0 Å². The Bertz CT molecular complexity index is 287. The van der Waals surface area contributed by atoms with Gasteiger partial charge in [-0.2, -0.15) is 0 Å². The predicted molar refractivity (Wildman–Crippen MR) is 70.5 cm³/mol. The van der Waals surface area contributed by atoms with Crippen LogP contribution in [-0.2, 0) is 6.42 Å². The molecule has 1 aromatic carbocycles. The van der Waals surface area contributed by atoms with Crippen molar-refractivity contribution in [2.45, 2.75) is 32.2 Å². The van der Waals surface area contributed by atoms with Gasteiger partial charge < -0.3 is 10.6 Å². The minimum absolute atomic E-state index is 0.0546. The van der Waals surface area contributed by atoms with E-state index in [1.165, 1.54) is 5.56 Å². The smallest absolute Gasteiger partial charge is 0.0109 e. The highest BCUT2D eigenvalue weighted by Crippen LogP contribution is 2.05. The molecule has 2 N–H and O–H groups in total. The summed E-state index contributed by atoms with van der Waals surface area (Å²) in [6, 6.07) is 10.6. The maximum absolute atomic E-state index is 5.96. The lowest BCUT2D eigenvalue weighted by Crippen LogP contribution is -2.36. The van der Waals surface area contributed by atoms with Crippen molar-refractivity contribution in [2.24, 2.45) is 5.73 Å². The van der Waals surface area contributed by atoms with Gasteiger partial charge in [0.1, 0.15) is 0 Å². The van der Waals surface area contributed by atoms with Crippen LogP contribution in [0.25, 0.3) is 0 Å². The maximum Gasteiger partial charge on any atom is 0.0109 e. The molecule has 90 valence electrons. The quantitative estimate of drug-likeness (QED) is 0.797. The van der Waals surface area contributed by atoms with Crippen molar-refractivity contribution in [1.82, 2.24) is 4.90 Å². The van der Waals surface area contributed by atoms with Crippen molar-refractivity contribution in [1.29, 1.82) is 0 Å². The first-order chi connectivity index (χ1) is 7.47. The highest BCUT2D eigenvalue weighted by atomic mass is 15.1. The molecule has 0 aliphatic rings. The summed E-state index contributed by atoms with van der Waals surface area (Å²) >= 11 is 0. The lowest BCUT2D eigenvalue weighted by Gasteiger charge is -2.23. The first-order valence-electron chi connectivity index (χ1n) is 5.99. The molecule has 0 unspecified atom stereocenters. The summed E-state index contributed by atoms with van der Waals surface area (Å²) in [7, 11) is 2.16. The Morgan fingerprint density at radius 1 is 1.12 bits per heavy atom. The van der Waals surface area contributed by atoms with E-state index in [1.807, 2.05) is 0 Å². The van der Waals surface area contributed by atoms with E-state index >= 15 is 0 Å². The molecule has 0 saturated heterocycles. The first kappa shape index (κ1) is 13.2. The molecule has 0 spiro atoms. The molecule has 1 aromatic rings. The Labute approximate surface area is 99.5 Å². The van der Waals surface area contributed by atoms with E-state index in [4.69, 9.17) is 5.73 Å². The van der Waals surface area contributed by atoms with E-state index in [2.05, 4.69) is 56.1 Å². The molecule has 2 nitrogen and oxygen atoms in total. The zero-order chi connectivity index (χ0) is 12.0. The summed E-state index contributed by atoms with van der Waals surface area (Å²) in [6.07, 6.45) is 2.15. The standard InChI is InChI=1S/C14H24N2/c1-14(2,15)10-12-16(3)11-9-13-7-5-4-6-8-13/h4-8H,9-12,15H2,1-3H3. The van der Waals surface area contributed by atoms with Gasteiger partial charge in [-0.15, -0.1) is 0 Å². The Morgan fingerprint density at radius 3 is 2.31 bits per heavy atom. The van der Waals surface area contributed by atoms with Gasteiger partial charge in [0.15, 0.2) is 0 Å². The van der Waals surface area contributed by atoms with Crippen molar-refractivity contribution >= 4 is 0 Å². The number of rotatable bonds is 6. The minimum atomic E-state index is -0.0546. The number of hydrogen-bond donors (Lipinski definition) is 1. The summed E-state index contributed by atoms with van der Waals surface area (Å²) < 4.78 is 0. The highest BCUT2D eigenvalue weighted by molar-refractivity contribution is 5.14. The van der Waals surface area contributed by atoms with Crippen molar-refractivity contribution in [3.8, 4) is 0 Å². The summed E-state index contributed by atoms with van der Waals surface area (Å²) in [4.78, 5) is 2.35. The van der Waals surface area contributed by atoms with Gasteiger partial charge in [-0.1, -0.05) is 30.3 Å². The summed E-state index contributed by atoms with van der Waals surface area (Å²) in [5.74, 6) is 0. The van der Waals surface area contributed by atoms with Crippen LogP contribution in [0.4, 0.5) is 0 Å². The van der Waals surface area contributed by atoms with E-state index in [9.17, 15) is 0 Å². The van der Waals surface area contributed by atoms with Gasteiger partial charge in [0.05, 0.1) is 0 Å². The number of nitrogens with two attached hydrogens (primary N) is 1. The predicted octanol–water partition coefficient (Wildman–Crippen LogP) is 2.29. The summed E-state index contributed by atoms with van der Waals surface area (Å²) in [5, 5.41) is 0. The topological polar surface area (TPSA) is 29.3 Å². The second kappa shape index (κ2) is 6.02. The van der Waals surface area contributed by atoms with Crippen LogP contribution >= 0.6 is 0 Å². The zero-order valence-corrected chi connectivity index (χ0v) is 10.7. The molecule has 16 heavy (non-hydrogen) atoms. The molecule has 0 atom stereocenters. The van der Waals surface area contributed by atoms with Crippen LogP contribution in [0.3, 0.4) is 0 Å². The van der Waals surface area contributed by atoms with Gasteiger partial charge >= 0.3 is 0 Å². The van der Waals surface area contributed by atoms with Crippen molar-refractivity contribution < 1.29 is 0 Å². The molecule has 0 radical (unpaired) electrons. The molecule has 0 aliphatic carbocycles. The van der Waals surface area contributed by atoms with Crippen LogP contribution < -0.4 is 5.73 Å². The minimum Gasteiger partial charge on any atom is -0.326 e. The third-order valence-corrected chi connectivity index (χ3v) is 2.76. The molecule has 0 saturated carbocycles. The molecule has 0 amide bonds. The molecular formula is C14H24N2. The number of nitrogens with zero attached hydrogens (tertiary/aromatic N) is 1. The van der Waals surface area contributed by atoms with Crippen LogP contribution in [0.5, 0.6) is 0 Å². The number of hydrogen-bond acceptors (Lipinski definition) is 2. The molecule has 0 heterocycles. The van der Waals surface area contributed by atoms with Gasteiger partial charge in [0, 0.05) is 12.1 Å². The van der Waals surface area contributed by atoms with Crippen LogP contribution in [0.15, 0.2) is 30.3 Å². The summed E-state index contributed by atoms with van der Waals surface area (Å²) in [5.41, 5.74) is 7.31. The van der Waals surface area contributed by atoms with Gasteiger partial charge in [-0.3, -0.25) is 0 Å². The maximum atomic E-state index is 5.96. The molecule has 0 aromatic heterocycles. The normalized spacial score (nSPS) is 12.1. The molecule has 0 aliphatic heterocycles. The van der Waals surface area contributed by atoms with Crippen LogP contribution in [0, 0.1) is 0 Å². The zero-order valence-electron chi connectivity index (χ0n) is 10.7. The van der Waals surface area contributed by atoms with E-state index < -0.39 is 0 Å². The van der Waals surface area contributed by atoms with E-state index in [1.54, 1.807) is 0 Å². The van der Waals surface area contributed by atoms with Crippen molar-refractivity contribution in [2.75, 3.05) is 20.1 Å². The Morgan fingerprint density at radius 2 is 1.75 bits per heavy atom.